The molecule has 1 aromatic carbocycles. The Balaban J connectivity index is 2.52. The molecule has 0 saturated carbocycles. The molecular weight excluding hydrogens is 356 g/mol. The average molecular weight is 393 g/mol. The summed E-state index contributed by atoms with van der Waals surface area (Å²) >= 11 is 0. The minimum absolute atomic E-state index is 0.0429. The molecule has 7 nitrogen and oxygen atoms in total. The third-order valence-electron chi connectivity index (χ3n) is 4.13. The van der Waals surface area contributed by atoms with E-state index in [1.165, 1.54) is 0 Å². The van der Waals surface area contributed by atoms with Crippen LogP contribution in [0.15, 0.2) is 29.3 Å². The van der Waals surface area contributed by atoms with Gasteiger partial charge in [-0.05, 0) is 44.4 Å². The van der Waals surface area contributed by atoms with Gasteiger partial charge in [0.2, 0.25) is 0 Å². The quantitative estimate of drug-likeness (QED) is 0.273. The molecule has 0 aliphatic carbocycles. The lowest BCUT2D eigenvalue weighted by atomic mass is 10.1. The second kappa shape index (κ2) is 14.9. The molecule has 0 bridgehead atoms. The molecule has 0 saturated heterocycles. The van der Waals surface area contributed by atoms with Crippen LogP contribution in [0.1, 0.15) is 49.5 Å². The molecule has 0 radical (unpaired) electrons. The SMILES string of the molecule is CCNC(=NCc1cccc(C(=O)NC(C)CC)c1)NCCCOCCOC. The number of guanidine groups is 1. The number of amides is 1. The zero-order valence-corrected chi connectivity index (χ0v) is 17.7. The first-order valence-electron chi connectivity index (χ1n) is 10.1. The van der Waals surface area contributed by atoms with Crippen LogP contribution in [0, 0.1) is 0 Å². The number of hydrogen-bond acceptors (Lipinski definition) is 4. The number of nitrogens with one attached hydrogen (secondary N) is 3. The average Bonchev–Trinajstić information content (AvgIpc) is 2.71. The Morgan fingerprint density at radius 1 is 1.18 bits per heavy atom. The zero-order chi connectivity index (χ0) is 20.6. The molecule has 7 heteroatoms. The number of benzene rings is 1. The lowest BCUT2D eigenvalue weighted by molar-refractivity contribution is 0.0698. The molecule has 0 spiro atoms. The second-order valence-corrected chi connectivity index (χ2v) is 6.56. The van der Waals surface area contributed by atoms with Gasteiger partial charge in [-0.2, -0.15) is 0 Å². The highest BCUT2D eigenvalue weighted by Crippen LogP contribution is 2.07. The Morgan fingerprint density at radius 3 is 2.71 bits per heavy atom. The number of ether oxygens (including phenoxy) is 2. The van der Waals surface area contributed by atoms with Gasteiger partial charge in [0, 0.05) is 38.4 Å². The molecule has 0 aliphatic rings. The summed E-state index contributed by atoms with van der Waals surface area (Å²) in [4.78, 5) is 16.9. The molecule has 1 unspecified atom stereocenters. The zero-order valence-electron chi connectivity index (χ0n) is 17.7. The summed E-state index contributed by atoms with van der Waals surface area (Å²) in [5.74, 6) is 0.715. The third kappa shape index (κ3) is 10.3. The molecule has 1 atom stereocenters. The highest BCUT2D eigenvalue weighted by Gasteiger charge is 2.09. The number of rotatable bonds is 13. The summed E-state index contributed by atoms with van der Waals surface area (Å²) in [7, 11) is 1.66. The van der Waals surface area contributed by atoms with E-state index in [4.69, 9.17) is 9.47 Å². The van der Waals surface area contributed by atoms with Gasteiger partial charge in [0.25, 0.3) is 5.91 Å². The van der Waals surface area contributed by atoms with Crippen molar-refractivity contribution in [3.8, 4) is 0 Å². The fourth-order valence-corrected chi connectivity index (χ4v) is 2.36. The lowest BCUT2D eigenvalue weighted by Gasteiger charge is -2.13. The Labute approximate surface area is 169 Å². The normalized spacial score (nSPS) is 12.5. The maximum atomic E-state index is 12.3. The van der Waals surface area contributed by atoms with E-state index in [1.807, 2.05) is 38.1 Å². The van der Waals surface area contributed by atoms with Crippen LogP contribution in [0.3, 0.4) is 0 Å². The molecular formula is C21H36N4O3. The topological polar surface area (TPSA) is 84.0 Å². The van der Waals surface area contributed by atoms with E-state index >= 15 is 0 Å². The molecule has 28 heavy (non-hydrogen) atoms. The molecule has 1 aromatic rings. The van der Waals surface area contributed by atoms with E-state index in [2.05, 4.69) is 27.9 Å². The lowest BCUT2D eigenvalue weighted by Crippen LogP contribution is -2.38. The first kappa shape index (κ1) is 23.9. The summed E-state index contributed by atoms with van der Waals surface area (Å²) in [5, 5.41) is 9.53. The van der Waals surface area contributed by atoms with E-state index in [0.717, 1.165) is 37.5 Å². The number of methoxy groups -OCH3 is 1. The first-order valence-corrected chi connectivity index (χ1v) is 10.1. The van der Waals surface area contributed by atoms with Crippen LogP contribution in [0.5, 0.6) is 0 Å². The number of aliphatic imine (C=N–C) groups is 1. The number of hydrogen-bond donors (Lipinski definition) is 3. The Hall–Kier alpha value is -2.12. The van der Waals surface area contributed by atoms with E-state index in [0.29, 0.717) is 31.9 Å². The van der Waals surface area contributed by atoms with Gasteiger partial charge in [-0.1, -0.05) is 19.1 Å². The van der Waals surface area contributed by atoms with Crippen LogP contribution in [0.2, 0.25) is 0 Å². The van der Waals surface area contributed by atoms with Gasteiger partial charge in [0.05, 0.1) is 19.8 Å². The van der Waals surface area contributed by atoms with Crippen molar-refractivity contribution in [2.24, 2.45) is 4.99 Å². The molecule has 0 aromatic heterocycles. The fraction of sp³-hybridized carbons (Fsp3) is 0.619. The summed E-state index contributed by atoms with van der Waals surface area (Å²) in [5.41, 5.74) is 1.66. The molecule has 3 N–H and O–H groups in total. The second-order valence-electron chi connectivity index (χ2n) is 6.56. The van der Waals surface area contributed by atoms with E-state index in [9.17, 15) is 4.79 Å². The van der Waals surface area contributed by atoms with Crippen molar-refractivity contribution in [1.82, 2.24) is 16.0 Å². The van der Waals surface area contributed by atoms with E-state index in [1.54, 1.807) is 7.11 Å². The Bertz CT molecular complexity index is 593. The van der Waals surface area contributed by atoms with Gasteiger partial charge in [0.15, 0.2) is 5.96 Å². The van der Waals surface area contributed by atoms with Crippen molar-refractivity contribution in [3.63, 3.8) is 0 Å². The fourth-order valence-electron chi connectivity index (χ4n) is 2.36. The maximum Gasteiger partial charge on any atom is 0.251 e. The molecule has 1 rings (SSSR count). The third-order valence-corrected chi connectivity index (χ3v) is 4.13. The van der Waals surface area contributed by atoms with Crippen molar-refractivity contribution in [3.05, 3.63) is 35.4 Å². The number of carbonyl (C=O) groups excluding carboxylic acids is 1. The van der Waals surface area contributed by atoms with Crippen molar-refractivity contribution in [1.29, 1.82) is 0 Å². The smallest absolute Gasteiger partial charge is 0.251 e. The van der Waals surface area contributed by atoms with Crippen LogP contribution in [-0.2, 0) is 16.0 Å². The standard InChI is InChI=1S/C21H36N4O3/c1-5-17(3)25-20(26)19-10-7-9-18(15-19)16-24-21(22-6-2)23-11-8-12-28-14-13-27-4/h7,9-10,15,17H,5-6,8,11-14,16H2,1-4H3,(H,25,26)(H2,22,23,24). The van der Waals surface area contributed by atoms with Crippen LogP contribution in [0.25, 0.3) is 0 Å². The summed E-state index contributed by atoms with van der Waals surface area (Å²) < 4.78 is 10.4. The van der Waals surface area contributed by atoms with Crippen molar-refractivity contribution in [2.75, 3.05) is 40.0 Å². The van der Waals surface area contributed by atoms with Crippen LogP contribution >= 0.6 is 0 Å². The number of carbonyl (C=O) groups is 1. The van der Waals surface area contributed by atoms with Gasteiger partial charge in [0.1, 0.15) is 0 Å². The predicted octanol–water partition coefficient (Wildman–Crippen LogP) is 2.32. The summed E-state index contributed by atoms with van der Waals surface area (Å²) in [6.45, 7) is 10.1. The molecule has 1 amide bonds. The number of nitrogens with zero attached hydrogens (tertiary/aromatic N) is 1. The minimum Gasteiger partial charge on any atom is -0.382 e. The summed E-state index contributed by atoms with van der Waals surface area (Å²) in [6, 6.07) is 7.77. The maximum absolute atomic E-state index is 12.3. The van der Waals surface area contributed by atoms with Crippen molar-refractivity contribution >= 4 is 11.9 Å². The highest BCUT2D eigenvalue weighted by atomic mass is 16.5. The highest BCUT2D eigenvalue weighted by molar-refractivity contribution is 5.94. The predicted molar refractivity (Wildman–Crippen MR) is 114 cm³/mol. The van der Waals surface area contributed by atoms with Gasteiger partial charge in [-0.15, -0.1) is 0 Å². The molecule has 0 fully saturated rings. The van der Waals surface area contributed by atoms with E-state index < -0.39 is 0 Å². The van der Waals surface area contributed by atoms with Gasteiger partial charge in [-0.25, -0.2) is 4.99 Å². The molecule has 158 valence electrons. The van der Waals surface area contributed by atoms with Crippen LogP contribution in [0.4, 0.5) is 0 Å². The Kier molecular flexibility index (Phi) is 12.7. The first-order chi connectivity index (χ1) is 13.6. The van der Waals surface area contributed by atoms with Gasteiger partial charge >= 0.3 is 0 Å². The van der Waals surface area contributed by atoms with Crippen molar-refractivity contribution in [2.45, 2.75) is 46.2 Å². The minimum atomic E-state index is -0.0429. The summed E-state index contributed by atoms with van der Waals surface area (Å²) in [6.07, 6.45) is 1.80. The van der Waals surface area contributed by atoms with E-state index in [-0.39, 0.29) is 11.9 Å². The largest absolute Gasteiger partial charge is 0.382 e. The molecule has 0 aliphatic heterocycles. The van der Waals surface area contributed by atoms with Crippen LogP contribution in [-0.4, -0.2) is 57.9 Å². The monoisotopic (exact) mass is 392 g/mol. The van der Waals surface area contributed by atoms with Gasteiger partial charge < -0.3 is 25.4 Å². The van der Waals surface area contributed by atoms with Gasteiger partial charge in [-0.3, -0.25) is 4.79 Å². The van der Waals surface area contributed by atoms with Crippen LogP contribution < -0.4 is 16.0 Å². The molecule has 0 heterocycles. The van der Waals surface area contributed by atoms with Crippen molar-refractivity contribution < 1.29 is 14.3 Å². The Morgan fingerprint density at radius 2 is 2.00 bits per heavy atom.